The lowest BCUT2D eigenvalue weighted by Gasteiger charge is -2.08. The van der Waals surface area contributed by atoms with Crippen LogP contribution in [-0.4, -0.2) is 26.4 Å². The van der Waals surface area contributed by atoms with E-state index in [9.17, 15) is 18.0 Å². The molecule has 200 valence electrons. The quantitative estimate of drug-likeness (QED) is 0.157. The molecule has 0 saturated carbocycles. The summed E-state index contributed by atoms with van der Waals surface area (Å²) in [4.78, 5) is 24.4. The van der Waals surface area contributed by atoms with Crippen molar-refractivity contribution in [1.29, 1.82) is 0 Å². The maximum atomic E-state index is 12.4. The lowest BCUT2D eigenvalue weighted by atomic mass is 10.2. The van der Waals surface area contributed by atoms with Crippen LogP contribution in [-0.2, 0) is 32.8 Å². The summed E-state index contributed by atoms with van der Waals surface area (Å²) < 4.78 is 38.4. The Labute approximate surface area is 225 Å². The maximum absolute atomic E-state index is 12.4. The first-order chi connectivity index (χ1) is 18.8. The van der Waals surface area contributed by atoms with Crippen molar-refractivity contribution >= 4 is 33.7 Å². The van der Waals surface area contributed by atoms with Gasteiger partial charge in [-0.05, 0) is 61.0 Å². The van der Waals surface area contributed by atoms with E-state index < -0.39 is 21.8 Å². The van der Waals surface area contributed by atoms with Gasteiger partial charge in [0.2, 0.25) is 10.0 Å². The second kappa shape index (κ2) is 12.7. The number of sulfonamides is 1. The van der Waals surface area contributed by atoms with Gasteiger partial charge in [0.25, 0.3) is 0 Å². The summed E-state index contributed by atoms with van der Waals surface area (Å²) in [5.41, 5.74) is 4.51. The molecular formula is C28H26N4O6S. The lowest BCUT2D eigenvalue weighted by Crippen LogP contribution is -2.32. The molecule has 0 fully saturated rings. The molecular weight excluding hydrogens is 520 g/mol. The topological polar surface area (TPSA) is 139 Å². The molecule has 0 spiro atoms. The molecule has 3 aromatic carbocycles. The number of ether oxygens (including phenoxy) is 1. The fraction of sp³-hybridized carbons (Fsp3) is 0.107. The average molecular weight is 547 g/mol. The Morgan fingerprint density at radius 1 is 0.897 bits per heavy atom. The van der Waals surface area contributed by atoms with Gasteiger partial charge in [-0.2, -0.15) is 5.10 Å². The van der Waals surface area contributed by atoms with Crippen molar-refractivity contribution in [3.63, 3.8) is 0 Å². The number of amides is 2. The van der Waals surface area contributed by atoms with E-state index in [4.69, 9.17) is 9.15 Å². The predicted octanol–water partition coefficient (Wildman–Crippen LogP) is 3.73. The highest BCUT2D eigenvalue weighted by Crippen LogP contribution is 2.17. The Balaban J connectivity index is 1.21. The molecule has 0 aliphatic heterocycles. The molecule has 0 atom stereocenters. The highest BCUT2D eigenvalue weighted by atomic mass is 32.2. The zero-order valence-electron chi connectivity index (χ0n) is 21.0. The molecule has 2 amide bonds. The SMILES string of the molecule is Cc1ccc(S(=O)(=O)NCc2ccc(/C=N/NC(=O)C(=O)Nc3ccc(OCc4ccccc4)cc3)o2)cc1. The first-order valence-corrected chi connectivity index (χ1v) is 13.3. The van der Waals surface area contributed by atoms with Crippen molar-refractivity contribution in [2.45, 2.75) is 25.0 Å². The van der Waals surface area contributed by atoms with Crippen LogP contribution in [0.15, 0.2) is 105 Å². The molecule has 10 nitrogen and oxygen atoms in total. The van der Waals surface area contributed by atoms with E-state index in [1.54, 1.807) is 48.5 Å². The Hall–Kier alpha value is -4.74. The highest BCUT2D eigenvalue weighted by molar-refractivity contribution is 7.89. The molecule has 4 rings (SSSR count). The van der Waals surface area contributed by atoms with Gasteiger partial charge in [0.1, 0.15) is 23.9 Å². The number of benzene rings is 3. The molecule has 1 aromatic heterocycles. The minimum atomic E-state index is -3.70. The Morgan fingerprint density at radius 3 is 2.33 bits per heavy atom. The second-order valence-corrected chi connectivity index (χ2v) is 10.2. The van der Waals surface area contributed by atoms with Gasteiger partial charge in [0, 0.05) is 5.69 Å². The van der Waals surface area contributed by atoms with Crippen LogP contribution in [0.3, 0.4) is 0 Å². The van der Waals surface area contributed by atoms with Crippen molar-refractivity contribution in [3.05, 3.63) is 114 Å². The second-order valence-electron chi connectivity index (χ2n) is 8.39. The van der Waals surface area contributed by atoms with Gasteiger partial charge in [-0.3, -0.25) is 9.59 Å². The minimum Gasteiger partial charge on any atom is -0.489 e. The largest absolute Gasteiger partial charge is 0.489 e. The zero-order chi connectivity index (χ0) is 27.7. The summed E-state index contributed by atoms with van der Waals surface area (Å²) in [6.45, 7) is 2.20. The molecule has 0 aliphatic rings. The van der Waals surface area contributed by atoms with Crippen LogP contribution < -0.4 is 20.2 Å². The first kappa shape index (κ1) is 27.3. The van der Waals surface area contributed by atoms with E-state index in [-0.39, 0.29) is 17.2 Å². The number of aryl methyl sites for hydroxylation is 1. The molecule has 3 N–H and O–H groups in total. The number of carbonyl (C=O) groups is 2. The van der Waals surface area contributed by atoms with E-state index in [1.165, 1.54) is 18.3 Å². The molecule has 0 aliphatic carbocycles. The third kappa shape index (κ3) is 8.12. The summed E-state index contributed by atoms with van der Waals surface area (Å²) in [5, 5.41) is 6.19. The monoisotopic (exact) mass is 546 g/mol. The highest BCUT2D eigenvalue weighted by Gasteiger charge is 2.15. The van der Waals surface area contributed by atoms with Crippen LogP contribution >= 0.6 is 0 Å². The van der Waals surface area contributed by atoms with Crippen LogP contribution in [0.4, 0.5) is 5.69 Å². The standard InChI is InChI=1S/C28H26N4O6S/c1-20-7-15-26(16-8-20)39(35,36)30-18-25-14-13-24(38-25)17-29-32-28(34)27(33)31-22-9-11-23(12-10-22)37-19-21-5-3-2-4-6-21/h2-17,30H,18-19H2,1H3,(H,31,33)(H,32,34)/b29-17+. The number of anilines is 1. The third-order valence-corrected chi connectivity index (χ3v) is 6.79. The molecule has 11 heteroatoms. The summed E-state index contributed by atoms with van der Waals surface area (Å²) >= 11 is 0. The fourth-order valence-electron chi connectivity index (χ4n) is 3.29. The number of nitrogens with zero attached hydrogens (tertiary/aromatic N) is 1. The summed E-state index contributed by atoms with van der Waals surface area (Å²) in [6.07, 6.45) is 1.20. The van der Waals surface area contributed by atoms with Gasteiger partial charge in [0.15, 0.2) is 0 Å². The van der Waals surface area contributed by atoms with E-state index in [2.05, 4.69) is 20.6 Å². The van der Waals surface area contributed by atoms with Crippen LogP contribution in [0.5, 0.6) is 5.75 Å². The van der Waals surface area contributed by atoms with Crippen LogP contribution in [0.25, 0.3) is 0 Å². The van der Waals surface area contributed by atoms with Gasteiger partial charge < -0.3 is 14.5 Å². The minimum absolute atomic E-state index is 0.0745. The number of furan rings is 1. The van der Waals surface area contributed by atoms with Crippen molar-refractivity contribution in [1.82, 2.24) is 10.1 Å². The van der Waals surface area contributed by atoms with Crippen molar-refractivity contribution in [3.8, 4) is 5.75 Å². The van der Waals surface area contributed by atoms with Gasteiger partial charge >= 0.3 is 11.8 Å². The molecule has 4 aromatic rings. The number of hydrazone groups is 1. The van der Waals surface area contributed by atoms with Crippen molar-refractivity contribution in [2.24, 2.45) is 5.10 Å². The Bertz CT molecular complexity index is 1550. The first-order valence-electron chi connectivity index (χ1n) is 11.8. The van der Waals surface area contributed by atoms with Crippen LogP contribution in [0.2, 0.25) is 0 Å². The number of nitrogens with one attached hydrogen (secondary N) is 3. The third-order valence-electron chi connectivity index (χ3n) is 5.37. The summed E-state index contributed by atoms with van der Waals surface area (Å²) in [6, 6.07) is 25.9. The fourth-order valence-corrected chi connectivity index (χ4v) is 4.29. The smallest absolute Gasteiger partial charge is 0.329 e. The molecule has 0 bridgehead atoms. The molecule has 1 heterocycles. The van der Waals surface area contributed by atoms with E-state index in [0.717, 1.165) is 11.1 Å². The number of hydrogen-bond donors (Lipinski definition) is 3. The van der Waals surface area contributed by atoms with Crippen LogP contribution in [0, 0.1) is 6.92 Å². The average Bonchev–Trinajstić information content (AvgIpc) is 3.40. The predicted molar refractivity (Wildman–Crippen MR) is 145 cm³/mol. The number of hydrogen-bond acceptors (Lipinski definition) is 7. The maximum Gasteiger partial charge on any atom is 0.329 e. The van der Waals surface area contributed by atoms with Crippen LogP contribution in [0.1, 0.15) is 22.6 Å². The summed E-state index contributed by atoms with van der Waals surface area (Å²) in [7, 11) is -3.70. The summed E-state index contributed by atoms with van der Waals surface area (Å²) in [5.74, 6) is -0.672. The molecule has 0 radical (unpaired) electrons. The van der Waals surface area contributed by atoms with E-state index in [1.807, 2.05) is 37.3 Å². The van der Waals surface area contributed by atoms with Gasteiger partial charge in [-0.15, -0.1) is 0 Å². The van der Waals surface area contributed by atoms with Gasteiger partial charge in [-0.25, -0.2) is 18.6 Å². The normalized spacial score (nSPS) is 11.3. The Morgan fingerprint density at radius 2 is 1.62 bits per heavy atom. The lowest BCUT2D eigenvalue weighted by molar-refractivity contribution is -0.136. The molecule has 0 unspecified atom stereocenters. The van der Waals surface area contributed by atoms with E-state index >= 15 is 0 Å². The van der Waals surface area contributed by atoms with E-state index in [0.29, 0.717) is 23.8 Å². The zero-order valence-corrected chi connectivity index (χ0v) is 21.8. The number of carbonyl (C=O) groups excluding carboxylic acids is 2. The molecule has 39 heavy (non-hydrogen) atoms. The number of rotatable bonds is 10. The molecule has 0 saturated heterocycles. The van der Waals surface area contributed by atoms with Crippen molar-refractivity contribution < 1.29 is 27.2 Å². The van der Waals surface area contributed by atoms with Gasteiger partial charge in [-0.1, -0.05) is 48.0 Å². The van der Waals surface area contributed by atoms with Gasteiger partial charge in [0.05, 0.1) is 17.7 Å². The Kier molecular flexibility index (Phi) is 8.87. The van der Waals surface area contributed by atoms with Crippen molar-refractivity contribution in [2.75, 3.05) is 5.32 Å².